The Kier molecular flexibility index (Phi) is 4.25. The molecule has 1 saturated carbocycles. The first-order chi connectivity index (χ1) is 11.0. The lowest BCUT2D eigenvalue weighted by atomic mass is 9.77. The molecule has 1 aliphatic rings. The number of benzene rings is 2. The highest BCUT2D eigenvalue weighted by Gasteiger charge is 2.44. The number of carbonyl (C=O) groups excluding carboxylic acids is 1. The van der Waals surface area contributed by atoms with Crippen LogP contribution >= 0.6 is 0 Å². The van der Waals surface area contributed by atoms with Gasteiger partial charge in [-0.3, -0.25) is 4.79 Å². The maximum Gasteiger partial charge on any atom is 0.231 e. The lowest BCUT2D eigenvalue weighted by molar-refractivity contribution is -0.128. The molecule has 0 radical (unpaired) electrons. The van der Waals surface area contributed by atoms with Crippen LogP contribution in [-0.4, -0.2) is 5.91 Å². The van der Waals surface area contributed by atoms with E-state index >= 15 is 0 Å². The number of carbonyl (C=O) groups is 1. The van der Waals surface area contributed by atoms with Gasteiger partial charge in [0.15, 0.2) is 0 Å². The van der Waals surface area contributed by atoms with Crippen molar-refractivity contribution < 1.29 is 4.79 Å². The minimum Gasteiger partial charge on any atom is -0.346 e. The Labute approximate surface area is 138 Å². The molecule has 2 aromatic rings. The van der Waals surface area contributed by atoms with Crippen molar-refractivity contribution in [2.45, 2.75) is 50.5 Å². The summed E-state index contributed by atoms with van der Waals surface area (Å²) < 4.78 is 0. The van der Waals surface area contributed by atoms with E-state index in [0.29, 0.717) is 0 Å². The van der Waals surface area contributed by atoms with Gasteiger partial charge in [0.2, 0.25) is 5.91 Å². The summed E-state index contributed by atoms with van der Waals surface area (Å²) in [6.45, 7) is 4.15. The molecule has 0 atom stereocenters. The first-order valence-electron chi connectivity index (χ1n) is 8.48. The highest BCUT2D eigenvalue weighted by atomic mass is 16.2. The fourth-order valence-electron chi connectivity index (χ4n) is 3.71. The van der Waals surface area contributed by atoms with Gasteiger partial charge in [-0.1, -0.05) is 73.5 Å². The molecule has 0 aliphatic heterocycles. The summed E-state index contributed by atoms with van der Waals surface area (Å²) >= 11 is 0. The summed E-state index contributed by atoms with van der Waals surface area (Å²) in [5.74, 6) is 0.162. The first kappa shape index (κ1) is 15.8. The molecule has 1 fully saturated rings. The van der Waals surface area contributed by atoms with Crippen molar-refractivity contribution in [1.82, 2.24) is 5.32 Å². The second kappa shape index (κ2) is 6.19. The van der Waals surface area contributed by atoms with Gasteiger partial charge in [0.05, 0.1) is 11.0 Å². The van der Waals surface area contributed by atoms with Gasteiger partial charge in [-0.2, -0.15) is 0 Å². The summed E-state index contributed by atoms with van der Waals surface area (Å²) in [5.41, 5.74) is 1.55. The maximum atomic E-state index is 13.2. The topological polar surface area (TPSA) is 29.1 Å². The van der Waals surface area contributed by atoms with Crippen LogP contribution in [0.25, 0.3) is 0 Å². The number of hydrogen-bond donors (Lipinski definition) is 1. The third-order valence-electron chi connectivity index (χ3n) is 5.14. The number of rotatable bonds is 4. The summed E-state index contributed by atoms with van der Waals surface area (Å²) in [6.07, 6.45) is 4.11. The lowest BCUT2D eigenvalue weighted by Crippen LogP contribution is -2.50. The molecule has 1 aliphatic carbocycles. The van der Waals surface area contributed by atoms with Gasteiger partial charge in [0.25, 0.3) is 0 Å². The second-order valence-corrected chi connectivity index (χ2v) is 7.10. The highest BCUT2D eigenvalue weighted by Crippen LogP contribution is 2.42. The van der Waals surface area contributed by atoms with Crippen molar-refractivity contribution >= 4 is 5.91 Å². The molecule has 0 heterocycles. The average Bonchev–Trinajstić information content (AvgIpc) is 3.07. The molecule has 1 N–H and O–H groups in total. The minimum absolute atomic E-state index is 0.162. The molecule has 0 bridgehead atoms. The number of hydrogen-bond acceptors (Lipinski definition) is 1. The molecule has 2 nitrogen and oxygen atoms in total. The van der Waals surface area contributed by atoms with E-state index in [9.17, 15) is 4.79 Å². The Balaban J connectivity index is 1.89. The quantitative estimate of drug-likeness (QED) is 0.882. The largest absolute Gasteiger partial charge is 0.346 e. The zero-order valence-electron chi connectivity index (χ0n) is 14.0. The molecule has 0 saturated heterocycles. The van der Waals surface area contributed by atoms with Crippen LogP contribution in [0.2, 0.25) is 0 Å². The Morgan fingerprint density at radius 1 is 0.913 bits per heavy atom. The molecule has 120 valence electrons. The monoisotopic (exact) mass is 307 g/mol. The Bertz CT molecular complexity index is 655. The van der Waals surface area contributed by atoms with Gasteiger partial charge in [0.1, 0.15) is 0 Å². The lowest BCUT2D eigenvalue weighted by Gasteiger charge is -2.34. The van der Waals surface area contributed by atoms with Crippen LogP contribution in [0.15, 0.2) is 60.7 Å². The van der Waals surface area contributed by atoms with Crippen LogP contribution in [0.1, 0.15) is 50.7 Å². The summed E-state index contributed by atoms with van der Waals surface area (Å²) in [5, 5.41) is 3.31. The molecule has 3 rings (SSSR count). The SMILES string of the molecule is CC(C)(NC(=O)C1(c2ccccc2)CCCC1)c1ccccc1. The van der Waals surface area contributed by atoms with Gasteiger partial charge in [-0.25, -0.2) is 0 Å². The molecule has 2 heteroatoms. The van der Waals surface area contributed by atoms with Crippen molar-refractivity contribution in [2.24, 2.45) is 0 Å². The summed E-state index contributed by atoms with van der Waals surface area (Å²) in [7, 11) is 0. The molecule has 2 aromatic carbocycles. The normalized spacial score (nSPS) is 17.0. The maximum absolute atomic E-state index is 13.2. The van der Waals surface area contributed by atoms with E-state index < -0.39 is 0 Å². The van der Waals surface area contributed by atoms with Crippen LogP contribution in [0.5, 0.6) is 0 Å². The van der Waals surface area contributed by atoms with E-state index in [4.69, 9.17) is 0 Å². The Morgan fingerprint density at radius 3 is 2.00 bits per heavy atom. The van der Waals surface area contributed by atoms with E-state index in [1.54, 1.807) is 0 Å². The van der Waals surface area contributed by atoms with Crippen LogP contribution in [-0.2, 0) is 15.7 Å². The summed E-state index contributed by atoms with van der Waals surface area (Å²) in [4.78, 5) is 13.2. The fraction of sp³-hybridized carbons (Fsp3) is 0.381. The van der Waals surface area contributed by atoms with Crippen molar-refractivity contribution in [1.29, 1.82) is 0 Å². The van der Waals surface area contributed by atoms with Crippen molar-refractivity contribution in [3.63, 3.8) is 0 Å². The van der Waals surface area contributed by atoms with Gasteiger partial charge < -0.3 is 5.32 Å². The van der Waals surface area contributed by atoms with Gasteiger partial charge in [-0.15, -0.1) is 0 Å². The van der Waals surface area contributed by atoms with Gasteiger partial charge in [-0.05, 0) is 37.8 Å². The van der Waals surface area contributed by atoms with Crippen LogP contribution in [0.3, 0.4) is 0 Å². The molecular formula is C21H25NO. The first-order valence-corrected chi connectivity index (χ1v) is 8.48. The third kappa shape index (κ3) is 3.03. The molecule has 23 heavy (non-hydrogen) atoms. The average molecular weight is 307 g/mol. The molecule has 1 amide bonds. The smallest absolute Gasteiger partial charge is 0.231 e. The van der Waals surface area contributed by atoms with Crippen molar-refractivity contribution in [2.75, 3.05) is 0 Å². The van der Waals surface area contributed by atoms with E-state index in [1.165, 1.54) is 0 Å². The van der Waals surface area contributed by atoms with Crippen molar-refractivity contribution in [3.8, 4) is 0 Å². The minimum atomic E-state index is -0.372. The van der Waals surface area contributed by atoms with Gasteiger partial charge in [0, 0.05) is 0 Å². The van der Waals surface area contributed by atoms with E-state index in [0.717, 1.165) is 36.8 Å². The highest BCUT2D eigenvalue weighted by molar-refractivity contribution is 5.89. The van der Waals surface area contributed by atoms with Crippen LogP contribution in [0.4, 0.5) is 0 Å². The molecule has 0 unspecified atom stereocenters. The molecule has 0 aromatic heterocycles. The zero-order valence-corrected chi connectivity index (χ0v) is 14.0. The molecule has 0 spiro atoms. The Hall–Kier alpha value is -2.09. The summed E-state index contributed by atoms with van der Waals surface area (Å²) in [6, 6.07) is 20.5. The number of amides is 1. The van der Waals surface area contributed by atoms with E-state index in [2.05, 4.69) is 43.4 Å². The third-order valence-corrected chi connectivity index (χ3v) is 5.14. The van der Waals surface area contributed by atoms with Crippen LogP contribution < -0.4 is 5.32 Å². The molecular weight excluding hydrogens is 282 g/mol. The van der Waals surface area contributed by atoms with Crippen LogP contribution in [0, 0.1) is 0 Å². The van der Waals surface area contributed by atoms with E-state index in [-0.39, 0.29) is 16.9 Å². The second-order valence-electron chi connectivity index (χ2n) is 7.10. The standard InChI is InChI=1S/C21H25NO/c1-20(2,17-11-5-3-6-12-17)22-19(23)21(15-9-10-16-21)18-13-7-4-8-14-18/h3-8,11-14H,9-10,15-16H2,1-2H3,(H,22,23). The number of nitrogens with one attached hydrogen (secondary N) is 1. The fourth-order valence-corrected chi connectivity index (χ4v) is 3.71. The predicted molar refractivity (Wildman–Crippen MR) is 94.2 cm³/mol. The predicted octanol–water partition coefficient (Wildman–Crippen LogP) is 4.55. The Morgan fingerprint density at radius 2 is 1.43 bits per heavy atom. The van der Waals surface area contributed by atoms with Crippen molar-refractivity contribution in [3.05, 3.63) is 71.8 Å². The zero-order chi connectivity index (χ0) is 16.3. The van der Waals surface area contributed by atoms with E-state index in [1.807, 2.05) is 36.4 Å². The van der Waals surface area contributed by atoms with Gasteiger partial charge >= 0.3 is 0 Å².